The van der Waals surface area contributed by atoms with Gasteiger partial charge in [0.2, 0.25) is 12.4 Å². The molecule has 2 aromatic rings. The van der Waals surface area contributed by atoms with Gasteiger partial charge in [-0.15, -0.1) is 0 Å². The third-order valence-corrected chi connectivity index (χ3v) is 5.75. The van der Waals surface area contributed by atoms with E-state index in [1.807, 2.05) is 6.07 Å². The van der Waals surface area contributed by atoms with Crippen LogP contribution < -0.4 is 10.4 Å². The lowest BCUT2D eigenvalue weighted by molar-refractivity contribution is -0.259. The fraction of sp³-hybridized carbons (Fsp3) is 0.500. The van der Waals surface area contributed by atoms with Gasteiger partial charge in [0.25, 0.3) is 0 Å². The van der Waals surface area contributed by atoms with Crippen LogP contribution in [0.4, 0.5) is 0 Å². The summed E-state index contributed by atoms with van der Waals surface area (Å²) in [6, 6.07) is 5.08. The molecule has 4 atom stereocenters. The lowest BCUT2D eigenvalue weighted by atomic mass is 9.91. The van der Waals surface area contributed by atoms with E-state index in [0.717, 1.165) is 35.8 Å². The van der Waals surface area contributed by atoms with Gasteiger partial charge in [-0.25, -0.2) is 4.79 Å². The van der Waals surface area contributed by atoms with E-state index in [4.69, 9.17) is 28.1 Å². The van der Waals surface area contributed by atoms with Crippen LogP contribution in [0.5, 0.6) is 5.75 Å². The van der Waals surface area contributed by atoms with Crippen molar-refractivity contribution in [1.29, 1.82) is 0 Å². The molecule has 0 bridgehead atoms. The second-order valence-corrected chi connectivity index (χ2v) is 8.33. The summed E-state index contributed by atoms with van der Waals surface area (Å²) in [5.41, 5.74) is 1.73. The number of carbonyl (C=O) groups is 3. The van der Waals surface area contributed by atoms with Gasteiger partial charge in [-0.1, -0.05) is 0 Å². The topological polar surface area (TPSA) is 128 Å². The summed E-state index contributed by atoms with van der Waals surface area (Å²) >= 11 is 0. The average molecular weight is 474 g/mol. The number of hydrogen-bond acceptors (Lipinski definition) is 10. The van der Waals surface area contributed by atoms with Gasteiger partial charge in [-0.05, 0) is 43.4 Å². The number of esters is 3. The zero-order valence-electron chi connectivity index (χ0n) is 19.2. The summed E-state index contributed by atoms with van der Waals surface area (Å²) in [6.07, 6.45) is -1.07. The summed E-state index contributed by atoms with van der Waals surface area (Å²) in [5.74, 6) is -1.64. The van der Waals surface area contributed by atoms with Crippen molar-refractivity contribution in [3.8, 4) is 5.75 Å². The predicted octanol–water partition coefficient (Wildman–Crippen LogP) is 2.20. The molecule has 1 aliphatic carbocycles. The van der Waals surface area contributed by atoms with Crippen LogP contribution in [0.15, 0.2) is 27.4 Å². The van der Waals surface area contributed by atoms with Gasteiger partial charge < -0.3 is 28.1 Å². The van der Waals surface area contributed by atoms with Crippen molar-refractivity contribution in [3.05, 3.63) is 39.7 Å². The van der Waals surface area contributed by atoms with Crippen LogP contribution in [0.25, 0.3) is 11.0 Å². The van der Waals surface area contributed by atoms with Crippen LogP contribution in [0, 0.1) is 0 Å². The Kier molecular flexibility index (Phi) is 6.87. The van der Waals surface area contributed by atoms with Crippen molar-refractivity contribution in [2.45, 2.75) is 71.1 Å². The Morgan fingerprint density at radius 1 is 0.882 bits per heavy atom. The van der Waals surface area contributed by atoms with Gasteiger partial charge in [0.1, 0.15) is 11.3 Å². The van der Waals surface area contributed by atoms with E-state index in [0.29, 0.717) is 17.8 Å². The largest absolute Gasteiger partial charge is 0.461 e. The van der Waals surface area contributed by atoms with Gasteiger partial charge in [-0.2, -0.15) is 0 Å². The van der Waals surface area contributed by atoms with E-state index >= 15 is 0 Å². The normalized spacial score (nSPS) is 24.1. The SMILES string of the molecule is CC(=O)O[C@@H]1[C@@H](Oc2ccc3c4c(c(=O)oc3c2)CCCC4)OC[C@H](OC(C)=O)[C@H]1OC(C)=O. The molecule has 0 radical (unpaired) electrons. The summed E-state index contributed by atoms with van der Waals surface area (Å²) < 4.78 is 33.0. The maximum Gasteiger partial charge on any atom is 0.339 e. The molecule has 10 heteroatoms. The number of rotatable bonds is 5. The van der Waals surface area contributed by atoms with Crippen LogP contribution >= 0.6 is 0 Å². The number of hydrogen-bond donors (Lipinski definition) is 0. The fourth-order valence-electron chi connectivity index (χ4n) is 4.44. The molecule has 1 aliphatic heterocycles. The van der Waals surface area contributed by atoms with Crippen molar-refractivity contribution in [2.24, 2.45) is 0 Å². The highest BCUT2D eigenvalue weighted by Crippen LogP contribution is 2.31. The molecule has 2 heterocycles. The molecule has 1 aromatic carbocycles. The highest BCUT2D eigenvalue weighted by Gasteiger charge is 2.48. The first-order valence-corrected chi connectivity index (χ1v) is 11.1. The van der Waals surface area contributed by atoms with Crippen LogP contribution in [-0.2, 0) is 46.2 Å². The Morgan fingerprint density at radius 3 is 2.21 bits per heavy atom. The summed E-state index contributed by atoms with van der Waals surface area (Å²) in [7, 11) is 0. The molecule has 182 valence electrons. The molecule has 10 nitrogen and oxygen atoms in total. The highest BCUT2D eigenvalue weighted by atomic mass is 16.7. The van der Waals surface area contributed by atoms with Gasteiger partial charge in [0.15, 0.2) is 12.2 Å². The van der Waals surface area contributed by atoms with Crippen molar-refractivity contribution >= 4 is 28.9 Å². The smallest absolute Gasteiger partial charge is 0.339 e. The van der Waals surface area contributed by atoms with Crippen molar-refractivity contribution in [1.82, 2.24) is 0 Å². The van der Waals surface area contributed by atoms with Crippen molar-refractivity contribution in [2.75, 3.05) is 6.61 Å². The van der Waals surface area contributed by atoms with E-state index < -0.39 is 42.5 Å². The van der Waals surface area contributed by atoms with Gasteiger partial charge in [0.05, 0.1) is 6.61 Å². The minimum absolute atomic E-state index is 0.157. The monoisotopic (exact) mass is 474 g/mol. The van der Waals surface area contributed by atoms with Crippen LogP contribution in [0.2, 0.25) is 0 Å². The Morgan fingerprint density at radius 2 is 1.53 bits per heavy atom. The minimum Gasteiger partial charge on any atom is -0.461 e. The lowest BCUT2D eigenvalue weighted by Gasteiger charge is -2.40. The third kappa shape index (κ3) is 5.06. The van der Waals surface area contributed by atoms with Gasteiger partial charge in [0, 0.05) is 37.8 Å². The molecular formula is C24H26O10. The molecule has 0 spiro atoms. The molecule has 0 amide bonds. The second-order valence-electron chi connectivity index (χ2n) is 8.33. The molecule has 2 aliphatic rings. The number of carbonyl (C=O) groups excluding carboxylic acids is 3. The maximum atomic E-state index is 12.4. The fourth-order valence-corrected chi connectivity index (χ4v) is 4.44. The highest BCUT2D eigenvalue weighted by molar-refractivity contribution is 5.82. The van der Waals surface area contributed by atoms with Gasteiger partial charge >= 0.3 is 23.5 Å². The number of aryl methyl sites for hydroxylation is 1. The Bertz CT molecular complexity index is 1170. The van der Waals surface area contributed by atoms with Crippen molar-refractivity contribution < 1.29 is 42.5 Å². The number of fused-ring (bicyclic) bond motifs is 3. The molecule has 34 heavy (non-hydrogen) atoms. The Balaban J connectivity index is 1.64. The Labute approximate surface area is 195 Å². The molecule has 1 aromatic heterocycles. The number of benzene rings is 1. The minimum atomic E-state index is -1.22. The van der Waals surface area contributed by atoms with Gasteiger partial charge in [-0.3, -0.25) is 14.4 Å². The Hall–Kier alpha value is -3.40. The lowest BCUT2D eigenvalue weighted by Crippen LogP contribution is -2.59. The van der Waals surface area contributed by atoms with Crippen molar-refractivity contribution in [3.63, 3.8) is 0 Å². The first-order valence-electron chi connectivity index (χ1n) is 11.1. The second kappa shape index (κ2) is 9.84. The molecule has 0 N–H and O–H groups in total. The molecule has 1 saturated heterocycles. The van der Waals surface area contributed by atoms with E-state index in [1.165, 1.54) is 20.8 Å². The maximum absolute atomic E-state index is 12.4. The molecule has 1 fully saturated rings. The van der Waals surface area contributed by atoms with Crippen LogP contribution in [0.1, 0.15) is 44.7 Å². The quantitative estimate of drug-likeness (QED) is 0.361. The first-order chi connectivity index (χ1) is 16.2. The van der Waals surface area contributed by atoms with E-state index in [-0.39, 0.29) is 12.2 Å². The predicted molar refractivity (Wildman–Crippen MR) is 116 cm³/mol. The first kappa shape index (κ1) is 23.7. The van der Waals surface area contributed by atoms with E-state index in [2.05, 4.69) is 0 Å². The zero-order valence-corrected chi connectivity index (χ0v) is 19.2. The summed E-state index contributed by atoms with van der Waals surface area (Å²) in [6.45, 7) is 3.42. The average Bonchev–Trinajstić information content (AvgIpc) is 2.77. The molecule has 4 rings (SSSR count). The summed E-state index contributed by atoms with van der Waals surface area (Å²) in [4.78, 5) is 47.4. The van der Waals surface area contributed by atoms with Crippen LogP contribution in [-0.4, -0.2) is 49.1 Å². The zero-order chi connectivity index (χ0) is 24.4. The van der Waals surface area contributed by atoms with Crippen LogP contribution in [0.3, 0.4) is 0 Å². The van der Waals surface area contributed by atoms with E-state index in [9.17, 15) is 19.2 Å². The molecule has 0 unspecified atom stereocenters. The molecule has 0 saturated carbocycles. The standard InChI is InChI=1S/C24H26O10/c1-12(25)30-20-11-29-24(22(32-14(3)27)21(20)31-13(2)26)33-15-8-9-17-16-6-4-5-7-18(16)23(28)34-19(17)10-15/h8-10,20-22,24H,4-7,11H2,1-3H3/t20-,21+,22-,24+/m0/s1. The summed E-state index contributed by atoms with van der Waals surface area (Å²) in [5, 5.41) is 0.843. The number of ether oxygens (including phenoxy) is 5. The molecular weight excluding hydrogens is 448 g/mol. The van der Waals surface area contributed by atoms with E-state index in [1.54, 1.807) is 12.1 Å². The third-order valence-electron chi connectivity index (χ3n) is 5.75.